The van der Waals surface area contributed by atoms with Crippen LogP contribution >= 0.6 is 0 Å². The molecule has 2 amide bonds. The summed E-state index contributed by atoms with van der Waals surface area (Å²) in [6.45, 7) is 4.00. The van der Waals surface area contributed by atoms with Crippen molar-refractivity contribution in [2.24, 2.45) is 5.92 Å². The Morgan fingerprint density at radius 1 is 1.29 bits per heavy atom. The van der Waals surface area contributed by atoms with Gasteiger partial charge >= 0.3 is 0 Å². The third-order valence-electron chi connectivity index (χ3n) is 5.13. The first-order valence-electron chi connectivity index (χ1n) is 8.31. The summed E-state index contributed by atoms with van der Waals surface area (Å²) >= 11 is 0. The summed E-state index contributed by atoms with van der Waals surface area (Å²) in [6, 6.07) is 0. The summed E-state index contributed by atoms with van der Waals surface area (Å²) in [6.07, 6.45) is 7.14. The van der Waals surface area contributed by atoms with Crippen molar-refractivity contribution in [2.45, 2.75) is 63.5 Å². The van der Waals surface area contributed by atoms with Gasteiger partial charge in [-0.3, -0.25) is 9.59 Å². The zero-order valence-electron chi connectivity index (χ0n) is 12.9. The molecule has 2 heterocycles. The Labute approximate surface area is 126 Å². The molecule has 1 aliphatic carbocycles. The number of carbonyl (C=O) groups is 2. The number of ether oxygens (including phenoxy) is 1. The third kappa shape index (κ3) is 3.23. The molecule has 21 heavy (non-hydrogen) atoms. The van der Waals surface area contributed by atoms with Gasteiger partial charge in [0.1, 0.15) is 5.54 Å². The minimum absolute atomic E-state index is 0.00849. The molecule has 0 aromatic heterocycles. The monoisotopic (exact) mass is 294 g/mol. The van der Waals surface area contributed by atoms with Crippen molar-refractivity contribution in [2.75, 3.05) is 19.7 Å². The van der Waals surface area contributed by atoms with E-state index in [-0.39, 0.29) is 17.9 Å². The van der Waals surface area contributed by atoms with Crippen LogP contribution in [0.4, 0.5) is 0 Å². The number of hydrogen-bond donors (Lipinski definition) is 1. The van der Waals surface area contributed by atoms with E-state index in [1.807, 2.05) is 11.8 Å². The highest BCUT2D eigenvalue weighted by Crippen LogP contribution is 2.41. The summed E-state index contributed by atoms with van der Waals surface area (Å²) in [5.41, 5.74) is -0.680. The van der Waals surface area contributed by atoms with Crippen LogP contribution in [0.3, 0.4) is 0 Å². The fraction of sp³-hybridized carbons (Fsp3) is 0.875. The fourth-order valence-corrected chi connectivity index (χ4v) is 3.56. The molecule has 3 fully saturated rings. The van der Waals surface area contributed by atoms with Gasteiger partial charge < -0.3 is 15.0 Å². The van der Waals surface area contributed by atoms with Crippen LogP contribution in [-0.4, -0.2) is 48.1 Å². The molecular formula is C16H26N2O3. The zero-order valence-corrected chi connectivity index (χ0v) is 12.9. The highest BCUT2D eigenvalue weighted by Gasteiger charge is 2.50. The molecule has 0 spiro atoms. The van der Waals surface area contributed by atoms with E-state index in [1.165, 1.54) is 6.42 Å². The molecule has 5 nitrogen and oxygen atoms in total. The Balaban J connectivity index is 1.62. The number of nitrogens with zero attached hydrogens (tertiary/aromatic N) is 1. The number of amides is 2. The molecule has 2 saturated heterocycles. The van der Waals surface area contributed by atoms with E-state index in [9.17, 15) is 9.59 Å². The Morgan fingerprint density at radius 3 is 2.76 bits per heavy atom. The van der Waals surface area contributed by atoms with Crippen LogP contribution in [0.15, 0.2) is 0 Å². The van der Waals surface area contributed by atoms with Crippen LogP contribution in [0.1, 0.15) is 51.9 Å². The second-order valence-electron chi connectivity index (χ2n) is 6.84. The molecule has 2 aliphatic heterocycles. The van der Waals surface area contributed by atoms with Crippen LogP contribution in [0, 0.1) is 5.92 Å². The second-order valence-corrected chi connectivity index (χ2v) is 6.84. The largest absolute Gasteiger partial charge is 0.378 e. The molecular weight excluding hydrogens is 268 g/mol. The fourth-order valence-electron chi connectivity index (χ4n) is 3.56. The number of hydrogen-bond acceptors (Lipinski definition) is 3. The maximum atomic E-state index is 12.8. The van der Waals surface area contributed by atoms with Crippen molar-refractivity contribution in [1.29, 1.82) is 0 Å². The van der Waals surface area contributed by atoms with Crippen molar-refractivity contribution < 1.29 is 14.3 Å². The zero-order chi connectivity index (χ0) is 14.9. The van der Waals surface area contributed by atoms with Gasteiger partial charge in [0.05, 0.1) is 6.10 Å². The number of rotatable bonds is 4. The summed E-state index contributed by atoms with van der Waals surface area (Å²) in [4.78, 5) is 26.6. The molecule has 2 unspecified atom stereocenters. The maximum absolute atomic E-state index is 12.8. The first-order chi connectivity index (χ1) is 10.1. The SMILES string of the molecule is CC1(C2CC2)NC(=O)CCN(CCC2CCCCO2)C1=O. The normalized spacial score (nSPS) is 34.5. The van der Waals surface area contributed by atoms with Crippen LogP contribution in [0.5, 0.6) is 0 Å². The van der Waals surface area contributed by atoms with E-state index in [2.05, 4.69) is 5.32 Å². The molecule has 3 aliphatic rings. The van der Waals surface area contributed by atoms with Crippen molar-refractivity contribution in [1.82, 2.24) is 10.2 Å². The number of carbonyl (C=O) groups excluding carboxylic acids is 2. The van der Waals surface area contributed by atoms with Crippen molar-refractivity contribution in [3.8, 4) is 0 Å². The second kappa shape index (κ2) is 5.95. The van der Waals surface area contributed by atoms with Gasteiger partial charge in [-0.1, -0.05) is 0 Å². The topological polar surface area (TPSA) is 58.6 Å². The Morgan fingerprint density at radius 2 is 2.10 bits per heavy atom. The Hall–Kier alpha value is -1.10. The smallest absolute Gasteiger partial charge is 0.248 e. The van der Waals surface area contributed by atoms with Gasteiger partial charge in [-0.2, -0.15) is 0 Å². The van der Waals surface area contributed by atoms with Crippen LogP contribution in [0.2, 0.25) is 0 Å². The molecule has 0 bridgehead atoms. The first-order valence-corrected chi connectivity index (χ1v) is 8.31. The summed E-state index contributed by atoms with van der Waals surface area (Å²) in [7, 11) is 0. The highest BCUT2D eigenvalue weighted by atomic mass is 16.5. The molecule has 0 aromatic rings. The Bertz CT molecular complexity index is 416. The lowest BCUT2D eigenvalue weighted by Gasteiger charge is -2.33. The molecule has 1 N–H and O–H groups in total. The lowest BCUT2D eigenvalue weighted by molar-refractivity contribution is -0.139. The highest BCUT2D eigenvalue weighted by molar-refractivity contribution is 5.93. The summed E-state index contributed by atoms with van der Waals surface area (Å²) in [5, 5.41) is 2.97. The lowest BCUT2D eigenvalue weighted by atomic mass is 9.94. The standard InChI is InChI=1S/C16H26N2O3/c1-16(12-5-6-12)15(20)18(10-8-14(19)17-16)9-7-13-4-2-3-11-21-13/h12-13H,2-11H2,1H3,(H,17,19). The average Bonchev–Trinajstić information content (AvgIpc) is 3.32. The summed E-state index contributed by atoms with van der Waals surface area (Å²) < 4.78 is 5.75. The molecule has 0 radical (unpaired) electrons. The first kappa shape index (κ1) is 14.8. The average molecular weight is 294 g/mol. The van der Waals surface area contributed by atoms with Gasteiger partial charge in [0.2, 0.25) is 11.8 Å². The van der Waals surface area contributed by atoms with Gasteiger partial charge in [0.25, 0.3) is 0 Å². The van der Waals surface area contributed by atoms with Crippen LogP contribution in [0.25, 0.3) is 0 Å². The van der Waals surface area contributed by atoms with Gasteiger partial charge in [-0.15, -0.1) is 0 Å². The molecule has 5 heteroatoms. The van der Waals surface area contributed by atoms with Gasteiger partial charge in [0.15, 0.2) is 0 Å². The van der Waals surface area contributed by atoms with E-state index < -0.39 is 5.54 Å². The molecule has 1 saturated carbocycles. The molecule has 118 valence electrons. The summed E-state index contributed by atoms with van der Waals surface area (Å²) in [5.74, 6) is 0.432. The van der Waals surface area contributed by atoms with Gasteiger partial charge in [-0.05, 0) is 51.4 Å². The van der Waals surface area contributed by atoms with E-state index in [0.29, 0.717) is 25.4 Å². The predicted molar refractivity (Wildman–Crippen MR) is 78.7 cm³/mol. The quantitative estimate of drug-likeness (QED) is 0.854. The van der Waals surface area contributed by atoms with Crippen molar-refractivity contribution in [3.05, 3.63) is 0 Å². The minimum Gasteiger partial charge on any atom is -0.378 e. The van der Waals surface area contributed by atoms with Gasteiger partial charge in [0, 0.05) is 26.1 Å². The van der Waals surface area contributed by atoms with Crippen molar-refractivity contribution in [3.63, 3.8) is 0 Å². The van der Waals surface area contributed by atoms with Crippen LogP contribution < -0.4 is 5.32 Å². The van der Waals surface area contributed by atoms with Crippen LogP contribution in [-0.2, 0) is 14.3 Å². The number of nitrogens with one attached hydrogen (secondary N) is 1. The third-order valence-corrected chi connectivity index (χ3v) is 5.13. The van der Waals surface area contributed by atoms with E-state index >= 15 is 0 Å². The van der Waals surface area contributed by atoms with E-state index in [4.69, 9.17) is 4.74 Å². The minimum atomic E-state index is -0.680. The molecule has 2 atom stereocenters. The predicted octanol–water partition coefficient (Wildman–Crippen LogP) is 1.46. The molecule has 0 aromatic carbocycles. The van der Waals surface area contributed by atoms with Crippen molar-refractivity contribution >= 4 is 11.8 Å². The lowest BCUT2D eigenvalue weighted by Crippen LogP contribution is -2.57. The van der Waals surface area contributed by atoms with E-state index in [0.717, 1.165) is 38.7 Å². The molecule has 3 rings (SSSR count). The Kier molecular flexibility index (Phi) is 4.20. The maximum Gasteiger partial charge on any atom is 0.248 e. The van der Waals surface area contributed by atoms with E-state index in [1.54, 1.807) is 0 Å². The van der Waals surface area contributed by atoms with Gasteiger partial charge in [-0.25, -0.2) is 0 Å².